The van der Waals surface area contributed by atoms with Crippen LogP contribution in [-0.4, -0.2) is 6.04 Å². The first-order valence-electron chi connectivity index (χ1n) is 1.98. The van der Waals surface area contributed by atoms with E-state index in [9.17, 15) is 0 Å². The van der Waals surface area contributed by atoms with Crippen molar-refractivity contribution in [2.45, 2.75) is 26.3 Å². The third-order valence-electron chi connectivity index (χ3n) is 0.612. The minimum absolute atomic E-state index is 0. The molecular formula is C4H11ClNTi-. The van der Waals surface area contributed by atoms with E-state index in [1.54, 1.807) is 0 Å². The molecule has 7 heavy (non-hydrogen) atoms. The molecule has 0 aliphatic heterocycles. The maximum absolute atomic E-state index is 6.83. The van der Waals surface area contributed by atoms with Crippen molar-refractivity contribution in [1.29, 1.82) is 0 Å². The van der Waals surface area contributed by atoms with Crippen molar-refractivity contribution < 1.29 is 21.7 Å². The third-order valence-corrected chi connectivity index (χ3v) is 0.612. The molecule has 1 atom stereocenters. The summed E-state index contributed by atoms with van der Waals surface area (Å²) in [4.78, 5) is 0. The Kier molecular flexibility index (Phi) is 22.5. The van der Waals surface area contributed by atoms with E-state index in [-0.39, 0.29) is 40.2 Å². The zero-order valence-electron chi connectivity index (χ0n) is 4.69. The van der Waals surface area contributed by atoms with Crippen LogP contribution in [0.2, 0.25) is 0 Å². The van der Waals surface area contributed by atoms with Crippen molar-refractivity contribution in [1.82, 2.24) is 0 Å². The molecule has 0 fully saturated rings. The predicted molar refractivity (Wildman–Crippen MR) is 31.3 cm³/mol. The minimum atomic E-state index is 0. The minimum Gasteiger partial charge on any atom is -0.675 e. The monoisotopic (exact) mass is 156 g/mol. The van der Waals surface area contributed by atoms with Gasteiger partial charge in [-0.1, -0.05) is 20.3 Å². The van der Waals surface area contributed by atoms with Crippen LogP contribution in [0, 0.1) is 0 Å². The van der Waals surface area contributed by atoms with Gasteiger partial charge in [0, 0.05) is 21.7 Å². The van der Waals surface area contributed by atoms with Gasteiger partial charge < -0.3 is 5.73 Å². The molecule has 0 aromatic heterocycles. The quantitative estimate of drug-likeness (QED) is 0.520. The van der Waals surface area contributed by atoms with Gasteiger partial charge in [-0.25, -0.2) is 0 Å². The Morgan fingerprint density at radius 3 is 1.71 bits per heavy atom. The number of rotatable bonds is 1. The van der Waals surface area contributed by atoms with Crippen LogP contribution in [0.5, 0.6) is 0 Å². The fraction of sp³-hybridized carbons (Fsp3) is 1.00. The zero-order valence-corrected chi connectivity index (χ0v) is 7.07. The van der Waals surface area contributed by atoms with E-state index in [4.69, 9.17) is 5.73 Å². The van der Waals surface area contributed by atoms with Gasteiger partial charge in [0.25, 0.3) is 0 Å². The smallest absolute Gasteiger partial charge is 0 e. The fourth-order valence-electron chi connectivity index (χ4n) is 0. The molecule has 1 N–H and O–H groups in total. The normalized spacial score (nSPS) is 10.7. The number of hydrogen-bond donors (Lipinski definition) is 0. The average Bonchev–Trinajstić information content (AvgIpc) is 1.38. The van der Waals surface area contributed by atoms with Crippen molar-refractivity contribution in [3.63, 3.8) is 0 Å². The van der Waals surface area contributed by atoms with Gasteiger partial charge in [-0.3, -0.25) is 0 Å². The van der Waals surface area contributed by atoms with Crippen molar-refractivity contribution in [3.05, 3.63) is 5.73 Å². The molecule has 0 radical (unpaired) electrons. The van der Waals surface area contributed by atoms with Crippen LogP contribution in [-0.2, 0) is 21.7 Å². The average molecular weight is 156 g/mol. The maximum atomic E-state index is 6.83. The van der Waals surface area contributed by atoms with Crippen molar-refractivity contribution >= 4 is 12.4 Å². The predicted octanol–water partition coefficient (Wildman–Crippen LogP) is 2.26. The molecular weight excluding hydrogens is 145 g/mol. The molecule has 1 nitrogen and oxygen atoms in total. The first kappa shape index (κ1) is 15.7. The molecule has 1 unspecified atom stereocenters. The van der Waals surface area contributed by atoms with Gasteiger partial charge in [0.05, 0.1) is 0 Å². The van der Waals surface area contributed by atoms with Gasteiger partial charge in [0.1, 0.15) is 0 Å². The second kappa shape index (κ2) is 10.1. The van der Waals surface area contributed by atoms with E-state index in [1.165, 1.54) is 0 Å². The van der Waals surface area contributed by atoms with Gasteiger partial charge in [0.15, 0.2) is 0 Å². The molecule has 0 aromatic rings. The molecule has 0 heterocycles. The number of hydrogen-bond acceptors (Lipinski definition) is 0. The van der Waals surface area contributed by atoms with Gasteiger partial charge >= 0.3 is 0 Å². The first-order valence-corrected chi connectivity index (χ1v) is 1.98. The second-order valence-electron chi connectivity index (χ2n) is 1.31. The maximum Gasteiger partial charge on any atom is 0 e. The Labute approximate surface area is 66.3 Å². The van der Waals surface area contributed by atoms with Gasteiger partial charge in [0.2, 0.25) is 0 Å². The zero-order chi connectivity index (χ0) is 4.28. The first-order chi connectivity index (χ1) is 2.27. The molecule has 0 aliphatic rings. The Morgan fingerprint density at radius 1 is 1.57 bits per heavy atom. The molecule has 0 aliphatic carbocycles. The van der Waals surface area contributed by atoms with E-state index in [0.717, 1.165) is 6.42 Å². The molecule has 0 bridgehead atoms. The summed E-state index contributed by atoms with van der Waals surface area (Å²) in [5.41, 5.74) is 6.83. The Bertz CT molecular complexity index is 25.7. The SMILES string of the molecule is CCC(C)[NH-].Cl.[Ti]. The van der Waals surface area contributed by atoms with Crippen LogP contribution in [0.4, 0.5) is 0 Å². The standard InChI is InChI=1S/C4H10N.ClH.Ti/c1-3-4(2)5;;/h4-5H,3H2,1-2H3;1H;/q-1;;. The van der Waals surface area contributed by atoms with Crippen LogP contribution >= 0.6 is 12.4 Å². The molecule has 0 aromatic carbocycles. The summed E-state index contributed by atoms with van der Waals surface area (Å²) in [6.07, 6.45) is 0.972. The van der Waals surface area contributed by atoms with E-state index in [0.29, 0.717) is 0 Å². The molecule has 44 valence electrons. The molecule has 0 spiro atoms. The third kappa shape index (κ3) is 19.5. The summed E-state index contributed by atoms with van der Waals surface area (Å²) in [5, 5.41) is 0. The van der Waals surface area contributed by atoms with Gasteiger partial charge in [-0.15, -0.1) is 18.4 Å². The van der Waals surface area contributed by atoms with Crippen LogP contribution in [0.25, 0.3) is 5.73 Å². The Hall–Kier alpha value is 0.964. The van der Waals surface area contributed by atoms with Gasteiger partial charge in [-0.2, -0.15) is 0 Å². The number of nitrogens with one attached hydrogen (secondary N) is 1. The van der Waals surface area contributed by atoms with Crippen LogP contribution in [0.1, 0.15) is 20.3 Å². The summed E-state index contributed by atoms with van der Waals surface area (Å²) >= 11 is 0. The topological polar surface area (TPSA) is 23.8 Å². The van der Waals surface area contributed by atoms with Crippen LogP contribution in [0.3, 0.4) is 0 Å². The molecule has 3 heteroatoms. The van der Waals surface area contributed by atoms with E-state index in [1.807, 2.05) is 13.8 Å². The number of halogens is 1. The Morgan fingerprint density at radius 2 is 1.71 bits per heavy atom. The van der Waals surface area contributed by atoms with Crippen LogP contribution in [0.15, 0.2) is 0 Å². The van der Waals surface area contributed by atoms with Crippen molar-refractivity contribution in [2.24, 2.45) is 0 Å². The largest absolute Gasteiger partial charge is 0.675 e. The van der Waals surface area contributed by atoms with Crippen molar-refractivity contribution in [3.8, 4) is 0 Å². The van der Waals surface area contributed by atoms with Gasteiger partial charge in [-0.05, 0) is 0 Å². The molecule has 0 saturated carbocycles. The van der Waals surface area contributed by atoms with Crippen LogP contribution < -0.4 is 0 Å². The second-order valence-corrected chi connectivity index (χ2v) is 1.31. The van der Waals surface area contributed by atoms with E-state index >= 15 is 0 Å². The van der Waals surface area contributed by atoms with Crippen molar-refractivity contribution in [2.75, 3.05) is 0 Å². The van der Waals surface area contributed by atoms with E-state index in [2.05, 4.69) is 0 Å². The molecule has 0 amide bonds. The van der Waals surface area contributed by atoms with E-state index < -0.39 is 0 Å². The summed E-state index contributed by atoms with van der Waals surface area (Å²) in [6.45, 7) is 3.90. The summed E-state index contributed by atoms with van der Waals surface area (Å²) in [5.74, 6) is 0. The summed E-state index contributed by atoms with van der Waals surface area (Å²) in [7, 11) is 0. The fourth-order valence-corrected chi connectivity index (χ4v) is 0. The molecule has 0 rings (SSSR count). The molecule has 0 saturated heterocycles. The summed E-state index contributed by atoms with van der Waals surface area (Å²) in [6, 6.07) is 0.134. The summed E-state index contributed by atoms with van der Waals surface area (Å²) < 4.78 is 0. The Balaban J connectivity index is -0.0000000800.